The third-order valence-corrected chi connectivity index (χ3v) is 2.40. The van der Waals surface area contributed by atoms with Crippen molar-refractivity contribution in [3.8, 4) is 0 Å². The number of rotatable bonds is 1. The average Bonchev–Trinajstić information content (AvgIpc) is 2.17. The summed E-state index contributed by atoms with van der Waals surface area (Å²) in [7, 11) is 0. The van der Waals surface area contributed by atoms with Crippen molar-refractivity contribution < 1.29 is 0 Å². The van der Waals surface area contributed by atoms with Crippen LogP contribution >= 0.6 is 0 Å². The molecule has 12 heavy (non-hydrogen) atoms. The molecule has 1 aromatic heterocycles. The van der Waals surface area contributed by atoms with E-state index >= 15 is 0 Å². The Morgan fingerprint density at radius 1 is 1.58 bits per heavy atom. The van der Waals surface area contributed by atoms with Gasteiger partial charge >= 0.3 is 0 Å². The monoisotopic (exact) mass is 163 g/mol. The van der Waals surface area contributed by atoms with Crippen molar-refractivity contribution in [3.63, 3.8) is 0 Å². The summed E-state index contributed by atoms with van der Waals surface area (Å²) in [4.78, 5) is 4.33. The van der Waals surface area contributed by atoms with Gasteiger partial charge in [-0.15, -0.1) is 0 Å². The van der Waals surface area contributed by atoms with Gasteiger partial charge in [0.2, 0.25) is 0 Å². The van der Waals surface area contributed by atoms with Crippen LogP contribution in [0, 0.1) is 0 Å². The Morgan fingerprint density at radius 3 is 3.33 bits per heavy atom. The number of aromatic nitrogens is 1. The van der Waals surface area contributed by atoms with Gasteiger partial charge in [-0.3, -0.25) is 16.3 Å². The molecule has 0 unspecified atom stereocenters. The molecule has 0 bridgehead atoms. The molecule has 0 amide bonds. The van der Waals surface area contributed by atoms with Crippen molar-refractivity contribution in [3.05, 3.63) is 29.6 Å². The molecule has 1 aliphatic carbocycles. The zero-order valence-corrected chi connectivity index (χ0v) is 6.96. The van der Waals surface area contributed by atoms with E-state index in [9.17, 15) is 0 Å². The zero-order chi connectivity index (χ0) is 8.39. The van der Waals surface area contributed by atoms with Gasteiger partial charge in [0.1, 0.15) is 0 Å². The predicted molar refractivity (Wildman–Crippen MR) is 47.2 cm³/mol. The SMILES string of the molecule is NN[C@H]1CCCc2cccnc21. The number of hydrogen-bond donors (Lipinski definition) is 2. The number of nitrogens with two attached hydrogens (primary N) is 1. The Labute approximate surface area is 72.0 Å². The van der Waals surface area contributed by atoms with E-state index < -0.39 is 0 Å². The van der Waals surface area contributed by atoms with Gasteiger partial charge in [-0.1, -0.05) is 6.07 Å². The highest BCUT2D eigenvalue weighted by molar-refractivity contribution is 5.25. The minimum absolute atomic E-state index is 0.259. The minimum Gasteiger partial charge on any atom is -0.271 e. The largest absolute Gasteiger partial charge is 0.271 e. The number of aryl methyl sites for hydroxylation is 1. The molecule has 0 saturated carbocycles. The topological polar surface area (TPSA) is 50.9 Å². The van der Waals surface area contributed by atoms with Gasteiger partial charge < -0.3 is 0 Å². The molecular formula is C9H13N3. The van der Waals surface area contributed by atoms with Crippen molar-refractivity contribution in [2.24, 2.45) is 5.84 Å². The zero-order valence-electron chi connectivity index (χ0n) is 6.96. The predicted octanol–water partition coefficient (Wildman–Crippen LogP) is 0.922. The summed E-state index contributed by atoms with van der Waals surface area (Å²) in [5.74, 6) is 5.43. The van der Waals surface area contributed by atoms with E-state index in [0.29, 0.717) is 0 Å². The molecule has 0 fully saturated rings. The van der Waals surface area contributed by atoms with Crippen LogP contribution in [0.15, 0.2) is 18.3 Å². The number of fused-ring (bicyclic) bond motifs is 1. The second-order valence-corrected chi connectivity index (χ2v) is 3.16. The first kappa shape index (κ1) is 7.71. The van der Waals surface area contributed by atoms with Crippen LogP contribution in [-0.4, -0.2) is 4.98 Å². The molecular weight excluding hydrogens is 150 g/mol. The smallest absolute Gasteiger partial charge is 0.0635 e. The minimum atomic E-state index is 0.259. The van der Waals surface area contributed by atoms with E-state index in [-0.39, 0.29) is 6.04 Å². The van der Waals surface area contributed by atoms with Crippen LogP contribution in [0.4, 0.5) is 0 Å². The van der Waals surface area contributed by atoms with Crippen LogP contribution in [0.3, 0.4) is 0 Å². The normalized spacial score (nSPS) is 21.9. The second kappa shape index (κ2) is 3.21. The van der Waals surface area contributed by atoms with Gasteiger partial charge in [-0.25, -0.2) is 0 Å². The van der Waals surface area contributed by atoms with Crippen molar-refractivity contribution >= 4 is 0 Å². The lowest BCUT2D eigenvalue weighted by Gasteiger charge is -2.22. The summed E-state index contributed by atoms with van der Waals surface area (Å²) in [6, 6.07) is 4.37. The molecule has 0 saturated heterocycles. The molecule has 0 radical (unpaired) electrons. The Morgan fingerprint density at radius 2 is 2.50 bits per heavy atom. The summed E-state index contributed by atoms with van der Waals surface area (Å²) in [5.41, 5.74) is 5.27. The maximum Gasteiger partial charge on any atom is 0.0635 e. The van der Waals surface area contributed by atoms with Crippen molar-refractivity contribution in [1.29, 1.82) is 0 Å². The Hall–Kier alpha value is -0.930. The number of hydrazine groups is 1. The summed E-state index contributed by atoms with van der Waals surface area (Å²) in [5, 5.41) is 0. The van der Waals surface area contributed by atoms with E-state index in [2.05, 4.69) is 16.5 Å². The van der Waals surface area contributed by atoms with Gasteiger partial charge in [-0.05, 0) is 30.9 Å². The summed E-state index contributed by atoms with van der Waals surface area (Å²) in [6.45, 7) is 0. The van der Waals surface area contributed by atoms with E-state index in [1.54, 1.807) is 0 Å². The number of hydrogen-bond acceptors (Lipinski definition) is 3. The van der Waals surface area contributed by atoms with Gasteiger partial charge in [0.25, 0.3) is 0 Å². The van der Waals surface area contributed by atoms with E-state index in [4.69, 9.17) is 5.84 Å². The summed E-state index contributed by atoms with van der Waals surface area (Å²) < 4.78 is 0. The molecule has 3 N–H and O–H groups in total. The first-order valence-electron chi connectivity index (χ1n) is 4.31. The van der Waals surface area contributed by atoms with Gasteiger partial charge in [0.15, 0.2) is 0 Å². The van der Waals surface area contributed by atoms with Crippen molar-refractivity contribution in [1.82, 2.24) is 10.4 Å². The molecule has 0 aliphatic heterocycles. The Kier molecular flexibility index (Phi) is 2.06. The van der Waals surface area contributed by atoms with Gasteiger partial charge in [-0.2, -0.15) is 0 Å². The summed E-state index contributed by atoms with van der Waals surface area (Å²) >= 11 is 0. The summed E-state index contributed by atoms with van der Waals surface area (Å²) in [6.07, 6.45) is 5.27. The third-order valence-electron chi connectivity index (χ3n) is 2.40. The van der Waals surface area contributed by atoms with Gasteiger partial charge in [0, 0.05) is 6.20 Å². The average molecular weight is 163 g/mol. The van der Waals surface area contributed by atoms with Crippen LogP contribution in [0.1, 0.15) is 30.1 Å². The molecule has 3 heteroatoms. The highest BCUT2D eigenvalue weighted by atomic mass is 15.2. The van der Waals surface area contributed by atoms with Gasteiger partial charge in [0.05, 0.1) is 11.7 Å². The first-order valence-corrected chi connectivity index (χ1v) is 4.31. The number of pyridine rings is 1. The lowest BCUT2D eigenvalue weighted by Crippen LogP contribution is -2.31. The Bertz CT molecular complexity index is 272. The van der Waals surface area contributed by atoms with E-state index in [1.807, 2.05) is 12.3 Å². The lowest BCUT2D eigenvalue weighted by atomic mass is 9.92. The molecule has 3 nitrogen and oxygen atoms in total. The molecule has 64 valence electrons. The van der Waals surface area contributed by atoms with Crippen molar-refractivity contribution in [2.45, 2.75) is 25.3 Å². The molecule has 1 aliphatic rings. The van der Waals surface area contributed by atoms with Crippen LogP contribution in [0.25, 0.3) is 0 Å². The fraction of sp³-hybridized carbons (Fsp3) is 0.444. The van der Waals surface area contributed by atoms with E-state index in [1.165, 1.54) is 12.0 Å². The van der Waals surface area contributed by atoms with E-state index in [0.717, 1.165) is 18.5 Å². The van der Waals surface area contributed by atoms with Crippen LogP contribution < -0.4 is 11.3 Å². The maximum absolute atomic E-state index is 5.43. The Balaban J connectivity index is 2.37. The first-order chi connectivity index (χ1) is 5.92. The molecule has 1 aromatic rings. The number of nitrogens with zero attached hydrogens (tertiary/aromatic N) is 1. The quantitative estimate of drug-likeness (QED) is 0.478. The van der Waals surface area contributed by atoms with Crippen LogP contribution in [0.5, 0.6) is 0 Å². The lowest BCUT2D eigenvalue weighted by molar-refractivity contribution is 0.459. The molecule has 1 heterocycles. The third kappa shape index (κ3) is 1.21. The maximum atomic E-state index is 5.43. The highest BCUT2D eigenvalue weighted by Gasteiger charge is 2.19. The molecule has 0 aromatic carbocycles. The molecule has 2 rings (SSSR count). The van der Waals surface area contributed by atoms with Crippen molar-refractivity contribution in [2.75, 3.05) is 0 Å². The highest BCUT2D eigenvalue weighted by Crippen LogP contribution is 2.26. The fourth-order valence-electron chi connectivity index (χ4n) is 1.77. The molecule has 0 spiro atoms. The van der Waals surface area contributed by atoms with Crippen LogP contribution in [-0.2, 0) is 6.42 Å². The number of nitrogens with one attached hydrogen (secondary N) is 1. The molecule has 1 atom stereocenters. The van der Waals surface area contributed by atoms with Crippen LogP contribution in [0.2, 0.25) is 0 Å². The second-order valence-electron chi connectivity index (χ2n) is 3.16. The standard InChI is InChI=1S/C9H13N3/c10-12-8-5-1-3-7-4-2-6-11-9(7)8/h2,4,6,8,12H,1,3,5,10H2/t8-/m0/s1. The fourth-order valence-corrected chi connectivity index (χ4v) is 1.77.